The summed E-state index contributed by atoms with van der Waals surface area (Å²) < 4.78 is 2.00. The molecule has 1 fully saturated rings. The maximum absolute atomic E-state index is 12.1. The van der Waals surface area contributed by atoms with Crippen molar-refractivity contribution in [1.29, 1.82) is 0 Å². The third-order valence-electron chi connectivity index (χ3n) is 6.39. The van der Waals surface area contributed by atoms with E-state index < -0.39 is 6.10 Å². The Kier molecular flexibility index (Phi) is 5.02. The van der Waals surface area contributed by atoms with Gasteiger partial charge in [0.05, 0.1) is 6.10 Å². The van der Waals surface area contributed by atoms with Crippen molar-refractivity contribution < 1.29 is 9.90 Å². The number of hydrogen-bond acceptors (Lipinski definition) is 4. The van der Waals surface area contributed by atoms with Crippen LogP contribution >= 0.6 is 0 Å². The minimum atomic E-state index is -0.577. The number of aliphatic hydroxyl groups is 1. The van der Waals surface area contributed by atoms with Crippen molar-refractivity contribution in [2.45, 2.75) is 32.8 Å². The number of nitrogens with zero attached hydrogens (tertiary/aromatic N) is 4. The molecule has 0 saturated carbocycles. The zero-order chi connectivity index (χ0) is 22.4. The van der Waals surface area contributed by atoms with Crippen molar-refractivity contribution in [3.8, 4) is 22.3 Å². The zero-order valence-electron chi connectivity index (χ0n) is 18.5. The molecule has 6 nitrogen and oxygen atoms in total. The van der Waals surface area contributed by atoms with Gasteiger partial charge in [-0.1, -0.05) is 12.1 Å². The van der Waals surface area contributed by atoms with Gasteiger partial charge in [-0.2, -0.15) is 0 Å². The van der Waals surface area contributed by atoms with E-state index in [0.717, 1.165) is 63.1 Å². The van der Waals surface area contributed by atoms with Crippen LogP contribution in [-0.2, 0) is 11.8 Å². The Bertz CT molecular complexity index is 1320. The Morgan fingerprint density at radius 1 is 1.06 bits per heavy atom. The molecule has 4 aromatic rings. The molecule has 32 heavy (non-hydrogen) atoms. The number of fused-ring (bicyclic) bond motifs is 1. The molecule has 0 spiro atoms. The van der Waals surface area contributed by atoms with E-state index in [4.69, 9.17) is 0 Å². The number of pyridine rings is 2. The summed E-state index contributed by atoms with van der Waals surface area (Å²) in [6, 6.07) is 10.2. The fourth-order valence-electron chi connectivity index (χ4n) is 4.55. The number of aromatic nitrogens is 3. The monoisotopic (exact) mass is 426 g/mol. The predicted octanol–water partition coefficient (Wildman–Crippen LogP) is 4.79. The standard InChI is InChI=1S/C26H26N4O2/c1-16-22(18-6-8-20(9-7-18)30-10-4-5-25(30)32)13-27-14-23(16)24-15-29(3)26-21(24)11-19(12-28-26)17(2)31/h6-9,11-15,17,31H,4-5,10H2,1-3H3/t17-/m1/s1. The van der Waals surface area contributed by atoms with Gasteiger partial charge in [0, 0.05) is 72.6 Å². The summed E-state index contributed by atoms with van der Waals surface area (Å²) in [6.45, 7) is 4.64. The third-order valence-corrected chi connectivity index (χ3v) is 6.39. The number of carbonyl (C=O) groups is 1. The van der Waals surface area contributed by atoms with Crippen LogP contribution in [0.2, 0.25) is 0 Å². The molecule has 1 N–H and O–H groups in total. The maximum Gasteiger partial charge on any atom is 0.227 e. The lowest BCUT2D eigenvalue weighted by atomic mass is 9.95. The SMILES string of the molecule is Cc1c(-c2ccc(N3CCCC3=O)cc2)cncc1-c1cn(C)c2ncc([C@@H](C)O)cc12. The molecule has 1 amide bonds. The molecule has 1 aliphatic rings. The van der Waals surface area contributed by atoms with Crippen molar-refractivity contribution >= 4 is 22.6 Å². The fourth-order valence-corrected chi connectivity index (χ4v) is 4.55. The van der Waals surface area contributed by atoms with Gasteiger partial charge in [-0.05, 0) is 55.2 Å². The first-order valence-corrected chi connectivity index (χ1v) is 10.9. The largest absolute Gasteiger partial charge is 0.389 e. The molecular formula is C26H26N4O2. The average Bonchev–Trinajstić information content (AvgIpc) is 3.37. The smallest absolute Gasteiger partial charge is 0.227 e. The molecule has 1 aromatic carbocycles. The predicted molar refractivity (Wildman–Crippen MR) is 126 cm³/mol. The molecule has 0 bridgehead atoms. The third kappa shape index (κ3) is 3.37. The van der Waals surface area contributed by atoms with Crippen molar-refractivity contribution in [3.63, 3.8) is 0 Å². The maximum atomic E-state index is 12.1. The van der Waals surface area contributed by atoms with E-state index in [1.165, 1.54) is 0 Å². The Hall–Kier alpha value is -3.51. The van der Waals surface area contributed by atoms with Gasteiger partial charge >= 0.3 is 0 Å². The molecule has 0 radical (unpaired) electrons. The lowest BCUT2D eigenvalue weighted by Crippen LogP contribution is -2.23. The number of anilines is 1. The quantitative estimate of drug-likeness (QED) is 0.509. The number of carbonyl (C=O) groups excluding carboxylic acids is 1. The van der Waals surface area contributed by atoms with Crippen molar-refractivity contribution in [1.82, 2.24) is 14.5 Å². The van der Waals surface area contributed by atoms with E-state index in [1.807, 2.05) is 47.1 Å². The molecule has 4 heterocycles. The van der Waals surface area contributed by atoms with Crippen molar-refractivity contribution in [2.24, 2.45) is 7.05 Å². The van der Waals surface area contributed by atoms with Gasteiger partial charge in [0.25, 0.3) is 0 Å². The normalized spacial score (nSPS) is 15.0. The Balaban J connectivity index is 1.57. The zero-order valence-corrected chi connectivity index (χ0v) is 18.5. The van der Waals surface area contributed by atoms with Crippen LogP contribution in [0.1, 0.15) is 37.0 Å². The number of benzene rings is 1. The highest BCUT2D eigenvalue weighted by molar-refractivity contribution is 5.97. The number of aliphatic hydroxyl groups excluding tert-OH is 1. The van der Waals surface area contributed by atoms with Crippen molar-refractivity contribution in [3.05, 3.63) is 66.2 Å². The topological polar surface area (TPSA) is 71.2 Å². The summed E-state index contributed by atoms with van der Waals surface area (Å²) >= 11 is 0. The van der Waals surface area contributed by atoms with Crippen LogP contribution in [0.4, 0.5) is 5.69 Å². The van der Waals surface area contributed by atoms with Gasteiger partial charge in [-0.3, -0.25) is 9.78 Å². The summed E-state index contributed by atoms with van der Waals surface area (Å²) in [7, 11) is 1.98. The van der Waals surface area contributed by atoms with Gasteiger partial charge in [-0.15, -0.1) is 0 Å². The second kappa shape index (κ2) is 7.88. The van der Waals surface area contributed by atoms with Crippen LogP contribution in [0.15, 0.2) is 55.1 Å². The van der Waals surface area contributed by atoms with E-state index in [1.54, 1.807) is 13.1 Å². The fraction of sp³-hybridized carbons (Fsp3) is 0.269. The summed E-state index contributed by atoms with van der Waals surface area (Å²) in [5, 5.41) is 11.0. The minimum Gasteiger partial charge on any atom is -0.389 e. The van der Waals surface area contributed by atoms with Crippen molar-refractivity contribution in [2.75, 3.05) is 11.4 Å². The van der Waals surface area contributed by atoms with E-state index in [0.29, 0.717) is 6.42 Å². The molecule has 3 aromatic heterocycles. The molecule has 5 rings (SSSR count). The highest BCUT2D eigenvalue weighted by Crippen LogP contribution is 2.36. The number of rotatable bonds is 4. The van der Waals surface area contributed by atoms with E-state index in [-0.39, 0.29) is 5.91 Å². The van der Waals surface area contributed by atoms with Gasteiger partial charge in [-0.25, -0.2) is 4.98 Å². The summed E-state index contributed by atoms with van der Waals surface area (Å²) in [5.41, 5.74) is 7.94. The Morgan fingerprint density at radius 3 is 2.50 bits per heavy atom. The van der Waals surface area contributed by atoms with Gasteiger partial charge in [0.2, 0.25) is 5.91 Å². The van der Waals surface area contributed by atoms with Gasteiger partial charge < -0.3 is 14.6 Å². The molecule has 1 saturated heterocycles. The summed E-state index contributed by atoms with van der Waals surface area (Å²) in [5.74, 6) is 0.193. The highest BCUT2D eigenvalue weighted by atomic mass is 16.3. The molecule has 1 aliphatic heterocycles. The van der Waals surface area contributed by atoms with Crippen LogP contribution in [-0.4, -0.2) is 32.1 Å². The van der Waals surface area contributed by atoms with Crippen LogP contribution in [0.25, 0.3) is 33.3 Å². The van der Waals surface area contributed by atoms with Crippen LogP contribution in [0.5, 0.6) is 0 Å². The second-order valence-corrected chi connectivity index (χ2v) is 8.52. The highest BCUT2D eigenvalue weighted by Gasteiger charge is 2.22. The minimum absolute atomic E-state index is 0.193. The number of hydrogen-bond donors (Lipinski definition) is 1. The molecule has 6 heteroatoms. The van der Waals surface area contributed by atoms with Gasteiger partial charge in [0.1, 0.15) is 5.65 Å². The lowest BCUT2D eigenvalue weighted by molar-refractivity contribution is -0.117. The summed E-state index contributed by atoms with van der Waals surface area (Å²) in [6.07, 6.45) is 8.54. The van der Waals surface area contributed by atoms with Crippen LogP contribution in [0.3, 0.4) is 0 Å². The van der Waals surface area contributed by atoms with E-state index in [9.17, 15) is 9.90 Å². The van der Waals surface area contributed by atoms with Crippen LogP contribution < -0.4 is 4.90 Å². The molecule has 0 aliphatic carbocycles. The van der Waals surface area contributed by atoms with E-state index in [2.05, 4.69) is 35.2 Å². The molecule has 0 unspecified atom stereocenters. The molecule has 1 atom stereocenters. The first kappa shape index (κ1) is 20.4. The second-order valence-electron chi connectivity index (χ2n) is 8.52. The number of amides is 1. The Morgan fingerprint density at radius 2 is 1.81 bits per heavy atom. The Labute approximate surface area is 187 Å². The van der Waals surface area contributed by atoms with Gasteiger partial charge in [0.15, 0.2) is 0 Å². The first-order chi connectivity index (χ1) is 15.4. The molecule has 162 valence electrons. The summed E-state index contributed by atoms with van der Waals surface area (Å²) in [4.78, 5) is 23.0. The first-order valence-electron chi connectivity index (χ1n) is 10.9. The van der Waals surface area contributed by atoms with E-state index >= 15 is 0 Å². The number of aryl methyl sites for hydroxylation is 1. The average molecular weight is 427 g/mol. The lowest BCUT2D eigenvalue weighted by Gasteiger charge is -2.16. The molecular weight excluding hydrogens is 400 g/mol. The van der Waals surface area contributed by atoms with Crippen LogP contribution in [0, 0.1) is 6.92 Å².